The number of carbonyl (C=O) groups excluding carboxylic acids is 2. The second-order valence-corrected chi connectivity index (χ2v) is 11.8. The molecular formula is C31H37ClN4O2S. The molecule has 39 heavy (non-hydrogen) atoms. The SMILES string of the molecule is NCCCCCCC(=O)N1CC(=O)N(CCc2ccccc2)c2sc3c(c2C1c1ccccc1Cl)CCNC3. The Morgan fingerprint density at radius 2 is 1.82 bits per heavy atom. The van der Waals surface area contributed by atoms with Crippen LogP contribution in [-0.2, 0) is 29.0 Å². The fourth-order valence-corrected chi connectivity index (χ4v) is 7.33. The quantitative estimate of drug-likeness (QED) is 0.320. The molecule has 2 aromatic carbocycles. The zero-order chi connectivity index (χ0) is 27.2. The highest BCUT2D eigenvalue weighted by molar-refractivity contribution is 7.16. The molecule has 1 aromatic heterocycles. The molecule has 2 aliphatic rings. The molecule has 0 saturated carbocycles. The highest BCUT2D eigenvalue weighted by atomic mass is 35.5. The van der Waals surface area contributed by atoms with Gasteiger partial charge in [-0.1, -0.05) is 73.0 Å². The Bertz CT molecular complexity index is 1290. The lowest BCUT2D eigenvalue weighted by Crippen LogP contribution is -2.42. The first-order valence-corrected chi connectivity index (χ1v) is 15.2. The van der Waals surface area contributed by atoms with Crippen molar-refractivity contribution in [3.63, 3.8) is 0 Å². The average molecular weight is 565 g/mol. The number of carbonyl (C=O) groups is 2. The Morgan fingerprint density at radius 3 is 2.62 bits per heavy atom. The Balaban J connectivity index is 1.56. The number of anilines is 1. The van der Waals surface area contributed by atoms with Gasteiger partial charge in [0.25, 0.3) is 0 Å². The van der Waals surface area contributed by atoms with Crippen molar-refractivity contribution in [2.24, 2.45) is 5.73 Å². The molecule has 0 aliphatic carbocycles. The van der Waals surface area contributed by atoms with Gasteiger partial charge in [-0.15, -0.1) is 11.3 Å². The molecule has 0 spiro atoms. The van der Waals surface area contributed by atoms with Gasteiger partial charge in [-0.3, -0.25) is 9.59 Å². The molecule has 2 amide bonds. The minimum Gasteiger partial charge on any atom is -0.330 e. The van der Waals surface area contributed by atoms with E-state index in [0.29, 0.717) is 24.5 Å². The molecule has 0 fully saturated rings. The van der Waals surface area contributed by atoms with Crippen LogP contribution in [0.5, 0.6) is 0 Å². The van der Waals surface area contributed by atoms with E-state index in [1.807, 2.05) is 52.3 Å². The van der Waals surface area contributed by atoms with Crippen molar-refractivity contribution in [3.8, 4) is 0 Å². The van der Waals surface area contributed by atoms with Crippen LogP contribution < -0.4 is 16.0 Å². The zero-order valence-electron chi connectivity index (χ0n) is 22.3. The summed E-state index contributed by atoms with van der Waals surface area (Å²) in [6.45, 7) is 2.93. The largest absolute Gasteiger partial charge is 0.330 e. The molecule has 3 N–H and O–H groups in total. The van der Waals surface area contributed by atoms with E-state index in [1.165, 1.54) is 16.0 Å². The number of hydrogen-bond acceptors (Lipinski definition) is 5. The van der Waals surface area contributed by atoms with Crippen molar-refractivity contribution in [2.45, 2.75) is 57.5 Å². The highest BCUT2D eigenvalue weighted by Crippen LogP contribution is 2.48. The van der Waals surface area contributed by atoms with Crippen LogP contribution in [0.2, 0.25) is 5.02 Å². The molecule has 0 radical (unpaired) electrons. The maximum atomic E-state index is 14.0. The standard InChI is InChI=1S/C31H37ClN4O2S/c32-25-13-8-7-12-23(25)30-29-24-15-18-34-20-26(24)39-31(29)35(19-16-22-10-4-3-5-11-22)28(38)21-36(30)27(37)14-6-1-2-9-17-33/h3-5,7-8,10-13,30,34H,1-2,6,9,14-21,33H2. The van der Waals surface area contributed by atoms with Crippen molar-refractivity contribution in [3.05, 3.63) is 86.8 Å². The third kappa shape index (κ3) is 6.22. The minimum absolute atomic E-state index is 0.00534. The van der Waals surface area contributed by atoms with Crippen molar-refractivity contribution >= 4 is 39.8 Å². The molecule has 2 aliphatic heterocycles. The first-order chi connectivity index (χ1) is 19.1. The molecule has 0 saturated heterocycles. The van der Waals surface area contributed by atoms with E-state index in [2.05, 4.69) is 17.4 Å². The van der Waals surface area contributed by atoms with Crippen LogP contribution in [0.4, 0.5) is 5.00 Å². The maximum absolute atomic E-state index is 14.0. The van der Waals surface area contributed by atoms with Crippen molar-refractivity contribution in [1.82, 2.24) is 10.2 Å². The number of unbranched alkanes of at least 4 members (excludes halogenated alkanes) is 3. The fourth-order valence-electron chi connectivity index (χ4n) is 5.70. The van der Waals surface area contributed by atoms with Gasteiger partial charge in [-0.25, -0.2) is 0 Å². The molecule has 1 atom stereocenters. The Morgan fingerprint density at radius 1 is 1.05 bits per heavy atom. The Kier molecular flexibility index (Phi) is 9.35. The molecule has 3 heterocycles. The predicted molar refractivity (Wildman–Crippen MR) is 159 cm³/mol. The van der Waals surface area contributed by atoms with Gasteiger partial charge in [-0.2, -0.15) is 0 Å². The van der Waals surface area contributed by atoms with Gasteiger partial charge < -0.3 is 20.9 Å². The maximum Gasteiger partial charge on any atom is 0.247 e. The summed E-state index contributed by atoms with van der Waals surface area (Å²) in [5.41, 5.74) is 10.1. The Hall–Kier alpha value is -2.71. The van der Waals surface area contributed by atoms with Gasteiger partial charge in [0.2, 0.25) is 11.8 Å². The molecule has 206 valence electrons. The van der Waals surface area contributed by atoms with E-state index in [-0.39, 0.29) is 18.4 Å². The number of nitrogens with zero attached hydrogens (tertiary/aromatic N) is 2. The van der Waals surface area contributed by atoms with Crippen LogP contribution in [0.1, 0.15) is 65.3 Å². The highest BCUT2D eigenvalue weighted by Gasteiger charge is 2.41. The fraction of sp³-hybridized carbons (Fsp3) is 0.419. The predicted octanol–water partition coefficient (Wildman–Crippen LogP) is 5.46. The van der Waals surface area contributed by atoms with E-state index in [9.17, 15) is 9.59 Å². The van der Waals surface area contributed by atoms with Gasteiger partial charge in [-0.05, 0) is 61.5 Å². The lowest BCUT2D eigenvalue weighted by molar-refractivity contribution is -0.136. The number of nitrogens with two attached hydrogens (primary N) is 1. The molecule has 8 heteroatoms. The smallest absolute Gasteiger partial charge is 0.247 e. The van der Waals surface area contributed by atoms with Gasteiger partial charge >= 0.3 is 0 Å². The second kappa shape index (κ2) is 13.1. The lowest BCUT2D eigenvalue weighted by atomic mass is 9.91. The summed E-state index contributed by atoms with van der Waals surface area (Å²) in [4.78, 5) is 32.9. The van der Waals surface area contributed by atoms with Gasteiger partial charge in [0.05, 0.1) is 6.04 Å². The third-order valence-electron chi connectivity index (χ3n) is 7.72. The monoisotopic (exact) mass is 564 g/mol. The molecule has 1 unspecified atom stereocenters. The molecule has 5 rings (SSSR count). The average Bonchev–Trinajstić information content (AvgIpc) is 3.27. The molecule has 6 nitrogen and oxygen atoms in total. The first kappa shape index (κ1) is 27.8. The van der Waals surface area contributed by atoms with E-state index in [1.54, 1.807) is 11.3 Å². The number of hydrogen-bond donors (Lipinski definition) is 2. The van der Waals surface area contributed by atoms with Gasteiger partial charge in [0.1, 0.15) is 11.5 Å². The number of fused-ring (bicyclic) bond motifs is 3. The summed E-state index contributed by atoms with van der Waals surface area (Å²) in [6.07, 6.45) is 5.74. The molecular weight excluding hydrogens is 528 g/mol. The van der Waals surface area contributed by atoms with Crippen LogP contribution in [-0.4, -0.2) is 42.9 Å². The van der Waals surface area contributed by atoms with Gasteiger partial charge in [0, 0.05) is 35.0 Å². The lowest BCUT2D eigenvalue weighted by Gasteiger charge is -2.32. The normalized spacial score (nSPS) is 17.1. The van der Waals surface area contributed by atoms with E-state index in [4.69, 9.17) is 17.3 Å². The van der Waals surface area contributed by atoms with Gasteiger partial charge in [0.15, 0.2) is 0 Å². The summed E-state index contributed by atoms with van der Waals surface area (Å²) in [6, 6.07) is 17.6. The number of thiophene rings is 1. The van der Waals surface area contributed by atoms with Crippen LogP contribution in [0.15, 0.2) is 54.6 Å². The summed E-state index contributed by atoms with van der Waals surface area (Å²) >= 11 is 8.51. The molecule has 0 bridgehead atoms. The number of nitrogens with one attached hydrogen (secondary N) is 1. The summed E-state index contributed by atoms with van der Waals surface area (Å²) < 4.78 is 0. The number of halogens is 1. The third-order valence-corrected chi connectivity index (χ3v) is 9.33. The van der Waals surface area contributed by atoms with E-state index in [0.717, 1.165) is 67.7 Å². The van der Waals surface area contributed by atoms with Crippen molar-refractivity contribution < 1.29 is 9.59 Å². The van der Waals surface area contributed by atoms with Crippen LogP contribution >= 0.6 is 22.9 Å². The zero-order valence-corrected chi connectivity index (χ0v) is 23.9. The first-order valence-electron chi connectivity index (χ1n) is 14.0. The summed E-state index contributed by atoms with van der Waals surface area (Å²) in [7, 11) is 0. The Labute approximate surface area is 240 Å². The number of amides is 2. The topological polar surface area (TPSA) is 78.7 Å². The summed E-state index contributed by atoms with van der Waals surface area (Å²) in [5.74, 6) is -0.0319. The van der Waals surface area contributed by atoms with Crippen LogP contribution in [0.3, 0.4) is 0 Å². The minimum atomic E-state index is -0.394. The van der Waals surface area contributed by atoms with Crippen LogP contribution in [0.25, 0.3) is 0 Å². The van der Waals surface area contributed by atoms with Crippen LogP contribution in [0, 0.1) is 0 Å². The van der Waals surface area contributed by atoms with Crippen molar-refractivity contribution in [2.75, 3.05) is 31.1 Å². The number of benzene rings is 2. The van der Waals surface area contributed by atoms with E-state index < -0.39 is 6.04 Å². The summed E-state index contributed by atoms with van der Waals surface area (Å²) in [5, 5.41) is 5.07. The number of rotatable bonds is 10. The van der Waals surface area contributed by atoms with E-state index >= 15 is 0 Å². The van der Waals surface area contributed by atoms with Crippen molar-refractivity contribution in [1.29, 1.82) is 0 Å². The molecule has 3 aromatic rings. The second-order valence-electron chi connectivity index (χ2n) is 10.3.